The predicted molar refractivity (Wildman–Crippen MR) is 107 cm³/mol. The molecule has 1 aliphatic rings. The van der Waals surface area contributed by atoms with Crippen LogP contribution in [0.25, 0.3) is 0 Å². The predicted octanol–water partition coefficient (Wildman–Crippen LogP) is 3.43. The largest absolute Gasteiger partial charge is 0.492 e. The van der Waals surface area contributed by atoms with E-state index in [4.69, 9.17) is 4.74 Å². The van der Waals surface area contributed by atoms with E-state index >= 15 is 0 Å². The van der Waals surface area contributed by atoms with Gasteiger partial charge in [-0.3, -0.25) is 0 Å². The van der Waals surface area contributed by atoms with Gasteiger partial charge in [-0.1, -0.05) is 6.07 Å². The first-order valence-electron chi connectivity index (χ1n) is 9.69. The second kappa shape index (κ2) is 9.92. The Morgan fingerprint density at radius 2 is 1.96 bits per heavy atom. The van der Waals surface area contributed by atoms with Crippen molar-refractivity contribution in [1.82, 2.24) is 15.2 Å². The molecular weight excluding hydrogens is 359 g/mol. The second-order valence-corrected chi connectivity index (χ2v) is 6.92. The summed E-state index contributed by atoms with van der Waals surface area (Å²) < 4.78 is 18.4. The van der Waals surface area contributed by atoms with Gasteiger partial charge in [-0.25, -0.2) is 14.2 Å². The zero-order chi connectivity index (χ0) is 19.8. The summed E-state index contributed by atoms with van der Waals surface area (Å²) in [5, 5.41) is 2.95. The summed E-state index contributed by atoms with van der Waals surface area (Å²) in [6.45, 7) is 3.22. The third kappa shape index (κ3) is 5.58. The van der Waals surface area contributed by atoms with Gasteiger partial charge in [0.15, 0.2) is 0 Å². The summed E-state index contributed by atoms with van der Waals surface area (Å²) in [7, 11) is 1.72. The topological polar surface area (TPSA) is 57.7 Å². The maximum absolute atomic E-state index is 12.9. The summed E-state index contributed by atoms with van der Waals surface area (Å²) in [4.78, 5) is 20.8. The van der Waals surface area contributed by atoms with Crippen LogP contribution in [0.1, 0.15) is 24.8 Å². The van der Waals surface area contributed by atoms with E-state index in [-0.39, 0.29) is 11.8 Å². The summed E-state index contributed by atoms with van der Waals surface area (Å²) in [5.74, 6) is 1.24. The van der Waals surface area contributed by atoms with Gasteiger partial charge in [-0.05, 0) is 49.6 Å². The third-order valence-electron chi connectivity index (χ3n) is 4.81. The number of piperidine rings is 1. The van der Waals surface area contributed by atoms with Crippen LogP contribution in [-0.2, 0) is 6.54 Å². The molecular formula is C21H27FN4O2. The lowest BCUT2D eigenvalue weighted by molar-refractivity contribution is 0.195. The third-order valence-corrected chi connectivity index (χ3v) is 4.81. The van der Waals surface area contributed by atoms with E-state index in [9.17, 15) is 9.18 Å². The Bertz CT molecular complexity index is 763. The van der Waals surface area contributed by atoms with Gasteiger partial charge < -0.3 is 19.9 Å². The number of hydrogen-bond donors (Lipinski definition) is 1. The van der Waals surface area contributed by atoms with Crippen molar-refractivity contribution in [3.8, 4) is 5.75 Å². The molecule has 0 unspecified atom stereocenters. The molecule has 3 rings (SSSR count). The van der Waals surface area contributed by atoms with Crippen LogP contribution in [0.4, 0.5) is 15.0 Å². The lowest BCUT2D eigenvalue weighted by Crippen LogP contribution is -2.39. The number of ether oxygens (including phenoxy) is 1. The quantitative estimate of drug-likeness (QED) is 0.792. The first-order chi connectivity index (χ1) is 13.6. The average molecular weight is 386 g/mol. The van der Waals surface area contributed by atoms with E-state index < -0.39 is 0 Å². The number of urea groups is 1. The lowest BCUT2D eigenvalue weighted by atomic mass is 10.1. The second-order valence-electron chi connectivity index (χ2n) is 6.92. The maximum atomic E-state index is 12.9. The molecule has 1 fully saturated rings. The highest BCUT2D eigenvalue weighted by atomic mass is 19.1. The summed E-state index contributed by atoms with van der Waals surface area (Å²) in [6.07, 6.45) is 5.42. The summed E-state index contributed by atoms with van der Waals surface area (Å²) in [6, 6.07) is 9.57. The van der Waals surface area contributed by atoms with E-state index in [1.54, 1.807) is 30.3 Å². The zero-order valence-corrected chi connectivity index (χ0v) is 16.2. The fraction of sp³-hybridized carbons (Fsp3) is 0.429. The number of likely N-dealkylation sites (N-methyl/N-ethyl adjacent to an activating group) is 1. The summed E-state index contributed by atoms with van der Waals surface area (Å²) in [5.41, 5.74) is 1.02. The van der Waals surface area contributed by atoms with Crippen molar-refractivity contribution in [2.24, 2.45) is 0 Å². The number of hydrogen-bond acceptors (Lipinski definition) is 4. The zero-order valence-electron chi connectivity index (χ0n) is 16.2. The van der Waals surface area contributed by atoms with Gasteiger partial charge in [-0.2, -0.15) is 0 Å². The standard InChI is InChI=1S/C21H27FN4O2/c1-25(14-15-28-19-9-7-18(22)8-10-19)21(27)24-16-17-6-5-11-23-20(17)26-12-3-2-4-13-26/h5-11H,2-4,12-16H2,1H3,(H,24,27). The van der Waals surface area contributed by atoms with Gasteiger partial charge in [-0.15, -0.1) is 0 Å². The number of carbonyl (C=O) groups is 1. The molecule has 6 nitrogen and oxygen atoms in total. The van der Waals surface area contributed by atoms with Crippen molar-refractivity contribution >= 4 is 11.8 Å². The van der Waals surface area contributed by atoms with Crippen LogP contribution in [-0.4, -0.2) is 49.2 Å². The number of pyridine rings is 1. The Hall–Kier alpha value is -2.83. The van der Waals surface area contributed by atoms with Crippen molar-refractivity contribution in [1.29, 1.82) is 0 Å². The number of nitrogens with zero attached hydrogens (tertiary/aromatic N) is 3. The van der Waals surface area contributed by atoms with Crippen LogP contribution in [0.2, 0.25) is 0 Å². The van der Waals surface area contributed by atoms with E-state index in [1.165, 1.54) is 31.4 Å². The van der Waals surface area contributed by atoms with Crippen LogP contribution >= 0.6 is 0 Å². The minimum atomic E-state index is -0.303. The van der Waals surface area contributed by atoms with E-state index in [0.717, 1.165) is 24.5 Å². The molecule has 0 bridgehead atoms. The van der Waals surface area contributed by atoms with Crippen molar-refractivity contribution < 1.29 is 13.9 Å². The molecule has 1 aliphatic heterocycles. The molecule has 0 atom stereocenters. The summed E-state index contributed by atoms with van der Waals surface area (Å²) >= 11 is 0. The van der Waals surface area contributed by atoms with Crippen LogP contribution in [0, 0.1) is 5.82 Å². The first kappa shape index (κ1) is 19.9. The molecule has 7 heteroatoms. The Kier molecular flexibility index (Phi) is 7.06. The fourth-order valence-corrected chi connectivity index (χ4v) is 3.20. The molecule has 28 heavy (non-hydrogen) atoms. The highest BCUT2D eigenvalue weighted by Crippen LogP contribution is 2.21. The molecule has 1 aromatic carbocycles. The molecule has 0 aliphatic carbocycles. The minimum Gasteiger partial charge on any atom is -0.492 e. The number of benzene rings is 1. The SMILES string of the molecule is CN(CCOc1ccc(F)cc1)C(=O)NCc1cccnc1N1CCCCC1. The van der Waals surface area contributed by atoms with Gasteiger partial charge in [0, 0.05) is 38.4 Å². The Balaban J connectivity index is 1.46. The van der Waals surface area contributed by atoms with Crippen LogP contribution in [0.3, 0.4) is 0 Å². The number of halogens is 1. The monoisotopic (exact) mass is 386 g/mol. The minimum absolute atomic E-state index is 0.170. The molecule has 1 N–H and O–H groups in total. The molecule has 1 aromatic heterocycles. The van der Waals surface area contributed by atoms with Crippen molar-refractivity contribution in [3.63, 3.8) is 0 Å². The van der Waals surface area contributed by atoms with Gasteiger partial charge in [0.2, 0.25) is 0 Å². The molecule has 2 amide bonds. The van der Waals surface area contributed by atoms with Gasteiger partial charge in [0.25, 0.3) is 0 Å². The van der Waals surface area contributed by atoms with Gasteiger partial charge in [0.05, 0.1) is 6.54 Å². The molecule has 0 radical (unpaired) electrons. The first-order valence-corrected chi connectivity index (χ1v) is 9.69. The van der Waals surface area contributed by atoms with Crippen LogP contribution in [0.5, 0.6) is 5.75 Å². The lowest BCUT2D eigenvalue weighted by Gasteiger charge is -2.29. The molecule has 2 heterocycles. The normalized spacial score (nSPS) is 13.9. The van der Waals surface area contributed by atoms with Crippen molar-refractivity contribution in [2.75, 3.05) is 38.2 Å². The fourth-order valence-electron chi connectivity index (χ4n) is 3.20. The smallest absolute Gasteiger partial charge is 0.317 e. The van der Waals surface area contributed by atoms with Crippen LogP contribution in [0.15, 0.2) is 42.6 Å². The number of rotatable bonds is 7. The van der Waals surface area contributed by atoms with E-state index in [2.05, 4.69) is 15.2 Å². The van der Waals surface area contributed by atoms with E-state index in [1.807, 2.05) is 12.1 Å². The number of nitrogens with one attached hydrogen (secondary N) is 1. The molecule has 0 saturated carbocycles. The number of aromatic nitrogens is 1. The van der Waals surface area contributed by atoms with E-state index in [0.29, 0.717) is 25.4 Å². The number of carbonyl (C=O) groups excluding carboxylic acids is 1. The highest BCUT2D eigenvalue weighted by Gasteiger charge is 2.16. The average Bonchev–Trinajstić information content (AvgIpc) is 2.74. The van der Waals surface area contributed by atoms with Crippen molar-refractivity contribution in [3.05, 3.63) is 54.0 Å². The van der Waals surface area contributed by atoms with Gasteiger partial charge in [0.1, 0.15) is 24.0 Å². The highest BCUT2D eigenvalue weighted by molar-refractivity contribution is 5.74. The molecule has 0 spiro atoms. The molecule has 1 saturated heterocycles. The number of anilines is 1. The molecule has 2 aromatic rings. The van der Waals surface area contributed by atoms with Gasteiger partial charge >= 0.3 is 6.03 Å². The maximum Gasteiger partial charge on any atom is 0.317 e. The number of amides is 2. The Labute approximate surface area is 165 Å². The van der Waals surface area contributed by atoms with Crippen molar-refractivity contribution in [2.45, 2.75) is 25.8 Å². The Morgan fingerprint density at radius 3 is 2.71 bits per heavy atom. The van der Waals surface area contributed by atoms with Crippen LogP contribution < -0.4 is 15.0 Å². The Morgan fingerprint density at radius 1 is 1.21 bits per heavy atom. The molecule has 150 valence electrons.